The van der Waals surface area contributed by atoms with Crippen molar-refractivity contribution < 1.29 is 23.5 Å². The number of nitrogens with zero attached hydrogens (tertiary/aromatic N) is 2. The summed E-state index contributed by atoms with van der Waals surface area (Å²) < 4.78 is 34.6. The minimum atomic E-state index is -3.03. The van der Waals surface area contributed by atoms with Gasteiger partial charge in [-0.2, -0.15) is 4.73 Å². The number of alkyl halides is 2. The molecule has 0 radical (unpaired) electrons. The van der Waals surface area contributed by atoms with Crippen LogP contribution in [-0.4, -0.2) is 27.9 Å². The number of carbonyl (C=O) groups excluding carboxylic acids is 1. The average molecular weight is 521 g/mol. The zero-order valence-corrected chi connectivity index (χ0v) is 21.9. The van der Waals surface area contributed by atoms with E-state index in [9.17, 15) is 18.8 Å². The summed E-state index contributed by atoms with van der Waals surface area (Å²) in [7, 11) is 1.55. The number of nitrogen functional groups attached to an aromatic ring is 1. The molecule has 1 amide bonds. The van der Waals surface area contributed by atoms with Crippen LogP contribution in [0.4, 0.5) is 20.2 Å². The Labute approximate surface area is 219 Å². The second kappa shape index (κ2) is 10.2. The predicted molar refractivity (Wildman–Crippen MR) is 144 cm³/mol. The van der Waals surface area contributed by atoms with Crippen LogP contribution in [0.25, 0.3) is 22.5 Å². The predicted octanol–water partition coefficient (Wildman–Crippen LogP) is 6.72. The van der Waals surface area contributed by atoms with Crippen molar-refractivity contribution in [1.82, 2.24) is 9.71 Å². The van der Waals surface area contributed by atoms with Gasteiger partial charge in [0.1, 0.15) is 5.75 Å². The molecular formula is C29H30F2N4O3. The van der Waals surface area contributed by atoms with Crippen LogP contribution in [0.5, 0.6) is 5.75 Å². The van der Waals surface area contributed by atoms with Crippen molar-refractivity contribution >= 4 is 17.3 Å². The fraction of sp³-hybridized carbons (Fsp3) is 0.241. The molecule has 4 N–H and O–H groups in total. The number of aryl methyl sites for hydroxylation is 3. The summed E-state index contributed by atoms with van der Waals surface area (Å²) in [5.41, 5.74) is 10.8. The molecule has 9 heteroatoms. The molecule has 1 aromatic heterocycles. The number of hydrogen-bond donors (Lipinski definition) is 3. The van der Waals surface area contributed by atoms with Crippen LogP contribution in [0.2, 0.25) is 0 Å². The molecule has 7 nitrogen and oxygen atoms in total. The minimum Gasteiger partial charge on any atom is -0.496 e. The van der Waals surface area contributed by atoms with E-state index in [-0.39, 0.29) is 34.9 Å². The average Bonchev–Trinajstić information content (AvgIpc) is 3.17. The molecule has 4 aromatic rings. The summed E-state index contributed by atoms with van der Waals surface area (Å²) in [6.07, 6.45) is -0.371. The zero-order chi connectivity index (χ0) is 27.8. The van der Waals surface area contributed by atoms with E-state index in [1.165, 1.54) is 31.2 Å². The van der Waals surface area contributed by atoms with Crippen molar-refractivity contribution in [3.8, 4) is 28.3 Å². The van der Waals surface area contributed by atoms with Gasteiger partial charge in [0.05, 0.1) is 12.8 Å². The van der Waals surface area contributed by atoms with E-state index < -0.39 is 11.8 Å². The number of hydrogen-bond acceptors (Lipinski definition) is 5. The first kappa shape index (κ1) is 26.7. The first-order valence-corrected chi connectivity index (χ1v) is 12.1. The molecule has 0 aliphatic rings. The Kier molecular flexibility index (Phi) is 7.13. The maximum absolute atomic E-state index is 14.2. The Balaban J connectivity index is 1.76. The van der Waals surface area contributed by atoms with Gasteiger partial charge in [-0.1, -0.05) is 37.3 Å². The van der Waals surface area contributed by atoms with Crippen LogP contribution in [0, 0.1) is 20.8 Å². The number of methoxy groups -OCH3 is 1. The molecule has 0 saturated carbocycles. The van der Waals surface area contributed by atoms with E-state index in [1.54, 1.807) is 26.2 Å². The lowest BCUT2D eigenvalue weighted by molar-refractivity contribution is -0.00824. The molecule has 4 rings (SSSR count). The van der Waals surface area contributed by atoms with Crippen molar-refractivity contribution in [2.75, 3.05) is 18.2 Å². The summed E-state index contributed by atoms with van der Waals surface area (Å²) in [6, 6.07) is 14.8. The maximum atomic E-state index is 14.2. The van der Waals surface area contributed by atoms with Crippen molar-refractivity contribution in [3.05, 3.63) is 82.7 Å². The molecule has 3 aromatic carbocycles. The topological polar surface area (TPSA) is 102 Å². The van der Waals surface area contributed by atoms with Gasteiger partial charge in [0.25, 0.3) is 11.8 Å². The third-order valence-corrected chi connectivity index (χ3v) is 6.59. The van der Waals surface area contributed by atoms with Gasteiger partial charge in [-0.05, 0) is 55.7 Å². The molecule has 38 heavy (non-hydrogen) atoms. The Bertz CT molecular complexity index is 1510. The molecule has 0 aliphatic carbocycles. The van der Waals surface area contributed by atoms with E-state index in [0.717, 1.165) is 22.3 Å². The lowest BCUT2D eigenvalue weighted by atomic mass is 9.93. The zero-order valence-electron chi connectivity index (χ0n) is 21.9. The number of aromatic nitrogens is 2. The highest BCUT2D eigenvalue weighted by atomic mass is 19.3. The summed E-state index contributed by atoms with van der Waals surface area (Å²) in [5.74, 6) is -3.12. The van der Waals surface area contributed by atoms with Crippen molar-refractivity contribution in [2.45, 2.75) is 40.0 Å². The lowest BCUT2D eigenvalue weighted by Crippen LogP contribution is -2.18. The number of anilines is 2. The molecule has 0 bridgehead atoms. The maximum Gasteiger partial charge on any atom is 0.277 e. The molecule has 0 saturated heterocycles. The molecule has 198 valence electrons. The van der Waals surface area contributed by atoms with Crippen LogP contribution in [-0.2, 0) is 5.92 Å². The van der Waals surface area contributed by atoms with Gasteiger partial charge in [0, 0.05) is 40.6 Å². The van der Waals surface area contributed by atoms with Crippen LogP contribution in [0.15, 0.2) is 54.6 Å². The van der Waals surface area contributed by atoms with Crippen LogP contribution >= 0.6 is 0 Å². The quantitative estimate of drug-likeness (QED) is 0.185. The summed E-state index contributed by atoms with van der Waals surface area (Å²) >= 11 is 0. The number of imidazole rings is 1. The molecule has 0 spiro atoms. The van der Waals surface area contributed by atoms with Crippen molar-refractivity contribution in [3.63, 3.8) is 0 Å². The van der Waals surface area contributed by atoms with Crippen LogP contribution in [0.1, 0.15) is 46.2 Å². The third kappa shape index (κ3) is 4.79. The number of nitrogens with one attached hydrogen (secondary N) is 1. The number of ether oxygens (including phenoxy) is 1. The Morgan fingerprint density at radius 1 is 1.08 bits per heavy atom. The normalized spacial score (nSPS) is 11.4. The van der Waals surface area contributed by atoms with E-state index in [4.69, 9.17) is 10.5 Å². The molecular weight excluding hydrogens is 490 g/mol. The van der Waals surface area contributed by atoms with E-state index >= 15 is 0 Å². The van der Waals surface area contributed by atoms with Crippen LogP contribution < -0.4 is 15.8 Å². The van der Waals surface area contributed by atoms with Gasteiger partial charge in [0.15, 0.2) is 11.5 Å². The van der Waals surface area contributed by atoms with Gasteiger partial charge < -0.3 is 21.0 Å². The Morgan fingerprint density at radius 2 is 1.74 bits per heavy atom. The van der Waals surface area contributed by atoms with Gasteiger partial charge in [-0.25, -0.2) is 13.8 Å². The highest BCUT2D eigenvalue weighted by Crippen LogP contribution is 2.41. The smallest absolute Gasteiger partial charge is 0.277 e. The number of carbonyl (C=O) groups is 1. The van der Waals surface area contributed by atoms with Gasteiger partial charge in [-0.15, -0.1) is 0 Å². The van der Waals surface area contributed by atoms with Crippen molar-refractivity contribution in [2.24, 2.45) is 0 Å². The number of benzene rings is 3. The van der Waals surface area contributed by atoms with Crippen molar-refractivity contribution in [1.29, 1.82) is 0 Å². The van der Waals surface area contributed by atoms with E-state index in [1.807, 2.05) is 32.0 Å². The third-order valence-electron chi connectivity index (χ3n) is 6.59. The Morgan fingerprint density at radius 3 is 2.37 bits per heavy atom. The molecule has 0 unspecified atom stereocenters. The fourth-order valence-corrected chi connectivity index (χ4v) is 4.56. The number of rotatable bonds is 7. The van der Waals surface area contributed by atoms with E-state index in [2.05, 4.69) is 10.3 Å². The first-order chi connectivity index (χ1) is 18.0. The second-order valence-electron chi connectivity index (χ2n) is 9.18. The van der Waals surface area contributed by atoms with Crippen LogP contribution in [0.3, 0.4) is 0 Å². The monoisotopic (exact) mass is 520 g/mol. The molecule has 0 atom stereocenters. The standard InChI is InChI=1S/C29H30F2N4O3/c1-6-29(30,31)19-11-8-12-20(13-19)34-28(36)26-18(4)33-27(35(26)37)21-14-22(24(38-5)15-23(21)32)25-16(2)9-7-10-17(25)3/h7-15,37H,6,32H2,1-5H3,(H,34,36). The SMILES string of the molecule is CCC(F)(F)c1cccc(NC(=O)c2c(C)nc(-c3cc(-c4c(C)cccc4C)c(OC)cc3N)n2O)c1. The largest absolute Gasteiger partial charge is 0.496 e. The minimum absolute atomic E-state index is 0.0616. The number of amides is 1. The second-order valence-corrected chi connectivity index (χ2v) is 9.18. The highest BCUT2D eigenvalue weighted by Gasteiger charge is 2.30. The lowest BCUT2D eigenvalue weighted by Gasteiger charge is -2.17. The fourth-order valence-electron chi connectivity index (χ4n) is 4.56. The Hall–Kier alpha value is -4.40. The number of halogens is 2. The summed E-state index contributed by atoms with van der Waals surface area (Å²) in [4.78, 5) is 17.5. The summed E-state index contributed by atoms with van der Waals surface area (Å²) in [5, 5.41) is 13.6. The van der Waals surface area contributed by atoms with Gasteiger partial charge in [-0.3, -0.25) is 4.79 Å². The first-order valence-electron chi connectivity index (χ1n) is 12.1. The summed E-state index contributed by atoms with van der Waals surface area (Å²) in [6.45, 7) is 6.93. The molecule has 0 aliphatic heterocycles. The molecule has 1 heterocycles. The van der Waals surface area contributed by atoms with Gasteiger partial charge in [0.2, 0.25) is 0 Å². The molecule has 0 fully saturated rings. The highest BCUT2D eigenvalue weighted by molar-refractivity contribution is 6.04. The van der Waals surface area contributed by atoms with Gasteiger partial charge >= 0.3 is 0 Å². The van der Waals surface area contributed by atoms with E-state index in [0.29, 0.717) is 21.7 Å². The number of nitrogens with two attached hydrogens (primary N) is 1.